The normalized spacial score (nSPS) is 11.7. The van der Waals surface area contributed by atoms with E-state index in [1.165, 1.54) is 90.0 Å². The minimum Gasteiger partial charge on any atom is -0.506 e. The number of nitrogen functional groups attached to an aromatic ring is 1. The van der Waals surface area contributed by atoms with Crippen molar-refractivity contribution in [3.05, 3.63) is 36.4 Å². The number of unbranched alkanes of at least 4 members (excludes halogenated alkanes) is 13. The van der Waals surface area contributed by atoms with E-state index in [0.717, 1.165) is 12.8 Å². The van der Waals surface area contributed by atoms with E-state index >= 15 is 0 Å². The fraction of sp³-hybridized carbons (Fsp3) is 0.594. The second-order valence-corrected chi connectivity index (χ2v) is 10.3. The number of anilines is 2. The fourth-order valence-corrected chi connectivity index (χ4v) is 4.46. The van der Waals surface area contributed by atoms with Crippen molar-refractivity contribution in [2.75, 3.05) is 17.7 Å². The van der Waals surface area contributed by atoms with Crippen LogP contribution in [0.3, 0.4) is 0 Å². The van der Waals surface area contributed by atoms with Crippen LogP contribution in [0.5, 0.6) is 23.0 Å². The first-order chi connectivity index (χ1) is 18.9. The predicted molar refractivity (Wildman–Crippen MR) is 160 cm³/mol. The first-order valence-corrected chi connectivity index (χ1v) is 14.8. The number of hydrogen-bond donors (Lipinski definition) is 3. The zero-order chi connectivity index (χ0) is 28.3. The molecule has 0 aliphatic heterocycles. The number of benzene rings is 2. The van der Waals surface area contributed by atoms with Crippen molar-refractivity contribution < 1.29 is 24.1 Å². The van der Waals surface area contributed by atoms with Crippen LogP contribution in [0.2, 0.25) is 0 Å². The highest BCUT2D eigenvalue weighted by atomic mass is 16.7. The maximum Gasteiger partial charge on any atom is 0.238 e. The first-order valence-electron chi connectivity index (χ1n) is 14.8. The lowest BCUT2D eigenvalue weighted by Gasteiger charge is -2.20. The molecule has 7 heteroatoms. The Labute approximate surface area is 235 Å². The summed E-state index contributed by atoms with van der Waals surface area (Å²) in [4.78, 5) is 11.6. The van der Waals surface area contributed by atoms with Gasteiger partial charge in [-0.1, -0.05) is 90.4 Å². The summed E-state index contributed by atoms with van der Waals surface area (Å²) in [6, 6.07) is 10.1. The Morgan fingerprint density at radius 1 is 0.821 bits per heavy atom. The maximum absolute atomic E-state index is 11.6. The Balaban J connectivity index is 1.73. The van der Waals surface area contributed by atoms with Crippen LogP contribution in [0.4, 0.5) is 11.4 Å². The highest BCUT2D eigenvalue weighted by molar-refractivity contribution is 5.91. The van der Waals surface area contributed by atoms with E-state index in [9.17, 15) is 9.90 Å². The quantitative estimate of drug-likeness (QED) is 0.0631. The molecular formula is C32H50N2O5. The van der Waals surface area contributed by atoms with Crippen molar-refractivity contribution in [1.82, 2.24) is 0 Å². The van der Waals surface area contributed by atoms with Gasteiger partial charge in [-0.15, -0.1) is 0 Å². The summed E-state index contributed by atoms with van der Waals surface area (Å²) < 4.78 is 17.8. The number of nitrogens with two attached hydrogens (primary N) is 1. The summed E-state index contributed by atoms with van der Waals surface area (Å²) in [5.74, 6) is 1.02. The number of rotatable bonds is 21. The van der Waals surface area contributed by atoms with Crippen molar-refractivity contribution in [3.8, 4) is 23.0 Å². The number of amides is 1. The van der Waals surface area contributed by atoms with Gasteiger partial charge in [0.15, 0.2) is 11.5 Å². The van der Waals surface area contributed by atoms with Gasteiger partial charge in [0.1, 0.15) is 11.5 Å². The van der Waals surface area contributed by atoms with Crippen molar-refractivity contribution in [2.24, 2.45) is 0 Å². The van der Waals surface area contributed by atoms with Crippen molar-refractivity contribution >= 4 is 17.3 Å². The third-order valence-corrected chi connectivity index (χ3v) is 6.60. The van der Waals surface area contributed by atoms with Crippen LogP contribution in [-0.2, 0) is 4.79 Å². The minimum atomic E-state index is -0.647. The molecule has 0 heterocycles. The Morgan fingerprint density at radius 2 is 1.36 bits per heavy atom. The molecule has 1 amide bonds. The number of carbonyl (C=O) groups is 1. The van der Waals surface area contributed by atoms with Crippen molar-refractivity contribution in [1.29, 1.82) is 0 Å². The lowest BCUT2D eigenvalue weighted by atomic mass is 10.0. The molecule has 0 saturated carbocycles. The van der Waals surface area contributed by atoms with E-state index < -0.39 is 6.29 Å². The lowest BCUT2D eigenvalue weighted by Crippen LogP contribution is -2.20. The van der Waals surface area contributed by atoms with Crippen LogP contribution in [0.1, 0.15) is 111 Å². The van der Waals surface area contributed by atoms with Crippen LogP contribution in [0.15, 0.2) is 36.4 Å². The van der Waals surface area contributed by atoms with Gasteiger partial charge in [0.05, 0.1) is 12.3 Å². The second-order valence-electron chi connectivity index (χ2n) is 10.3. The molecule has 39 heavy (non-hydrogen) atoms. The summed E-state index contributed by atoms with van der Waals surface area (Å²) in [6.07, 6.45) is 17.5. The number of nitrogens with one attached hydrogen (secondary N) is 1. The monoisotopic (exact) mass is 542 g/mol. The van der Waals surface area contributed by atoms with Crippen molar-refractivity contribution in [3.63, 3.8) is 0 Å². The molecule has 0 fully saturated rings. The smallest absolute Gasteiger partial charge is 0.238 e. The van der Waals surface area contributed by atoms with Crippen LogP contribution in [0.25, 0.3) is 0 Å². The predicted octanol–water partition coefficient (Wildman–Crippen LogP) is 8.60. The zero-order valence-corrected chi connectivity index (χ0v) is 24.3. The molecule has 0 saturated heterocycles. The molecule has 1 atom stereocenters. The number of ether oxygens (including phenoxy) is 3. The molecule has 4 N–H and O–H groups in total. The summed E-state index contributed by atoms with van der Waals surface area (Å²) >= 11 is 0. The van der Waals surface area contributed by atoms with E-state index in [4.69, 9.17) is 19.9 Å². The zero-order valence-electron chi connectivity index (χ0n) is 24.3. The van der Waals surface area contributed by atoms with E-state index in [1.54, 1.807) is 37.3 Å². The molecule has 2 aromatic carbocycles. The third-order valence-electron chi connectivity index (χ3n) is 6.60. The Morgan fingerprint density at radius 3 is 1.90 bits per heavy atom. The summed E-state index contributed by atoms with van der Waals surface area (Å²) in [5, 5.41) is 13.0. The highest BCUT2D eigenvalue weighted by Gasteiger charge is 2.16. The number of aromatic hydroxyl groups is 1. The van der Waals surface area contributed by atoms with Gasteiger partial charge in [-0.2, -0.15) is 0 Å². The molecule has 0 aliphatic rings. The Hall–Kier alpha value is -3.09. The van der Waals surface area contributed by atoms with Gasteiger partial charge >= 0.3 is 0 Å². The molecule has 0 aliphatic carbocycles. The average molecular weight is 543 g/mol. The molecule has 2 rings (SSSR count). The van der Waals surface area contributed by atoms with Crippen LogP contribution in [-0.4, -0.2) is 23.9 Å². The number of phenols is 1. The molecule has 0 spiro atoms. The van der Waals surface area contributed by atoms with Crippen LogP contribution >= 0.6 is 0 Å². The van der Waals surface area contributed by atoms with Gasteiger partial charge in [0, 0.05) is 31.7 Å². The number of phenolic OH excluding ortho intramolecular Hbond substituents is 1. The Kier molecular flexibility index (Phi) is 15.7. The molecular weight excluding hydrogens is 492 g/mol. The van der Waals surface area contributed by atoms with Gasteiger partial charge in [-0.25, -0.2) is 0 Å². The molecule has 0 radical (unpaired) electrons. The van der Waals surface area contributed by atoms with Gasteiger partial charge in [0.2, 0.25) is 12.2 Å². The standard InChI is InChI=1S/C32H50N2O5/c1-4-5-6-7-8-9-10-11-12-13-14-15-16-17-22-37-31-24-30(36)29(34-25(2)35)23-32(31)39-26(3)38-28-20-18-27(33)19-21-28/h18-21,23-24,26,36H,4-17,22,33H2,1-3H3,(H,34,35). The van der Waals surface area contributed by atoms with Crippen LogP contribution in [0, 0.1) is 0 Å². The number of hydrogen-bond acceptors (Lipinski definition) is 6. The van der Waals surface area contributed by atoms with E-state index in [0.29, 0.717) is 29.5 Å². The maximum atomic E-state index is 11.6. The average Bonchev–Trinajstić information content (AvgIpc) is 2.89. The molecule has 7 nitrogen and oxygen atoms in total. The molecule has 0 aromatic heterocycles. The Bertz CT molecular complexity index is 948. The molecule has 0 bridgehead atoms. The molecule has 2 aromatic rings. The van der Waals surface area contributed by atoms with Gasteiger partial charge in [-0.3, -0.25) is 4.79 Å². The second kappa shape index (κ2) is 19.0. The first kappa shape index (κ1) is 32.1. The van der Waals surface area contributed by atoms with E-state index in [-0.39, 0.29) is 17.3 Å². The van der Waals surface area contributed by atoms with Gasteiger partial charge in [-0.05, 0) is 30.7 Å². The SMILES string of the molecule is CCCCCCCCCCCCCCCCOc1cc(O)c(NC(C)=O)cc1OC(C)Oc1ccc(N)cc1. The van der Waals surface area contributed by atoms with Crippen molar-refractivity contribution in [2.45, 2.75) is 117 Å². The highest BCUT2D eigenvalue weighted by Crippen LogP contribution is 2.38. The minimum absolute atomic E-state index is 0.0828. The summed E-state index contributed by atoms with van der Waals surface area (Å²) in [5.41, 5.74) is 6.64. The van der Waals surface area contributed by atoms with Crippen LogP contribution < -0.4 is 25.3 Å². The topological polar surface area (TPSA) is 103 Å². The molecule has 1 unspecified atom stereocenters. The summed E-state index contributed by atoms with van der Waals surface area (Å²) in [6.45, 7) is 5.92. The number of carbonyl (C=O) groups excluding carboxylic acids is 1. The molecule has 218 valence electrons. The third kappa shape index (κ3) is 14.0. The van der Waals surface area contributed by atoms with E-state index in [2.05, 4.69) is 12.2 Å². The van der Waals surface area contributed by atoms with Gasteiger partial charge in [0.25, 0.3) is 0 Å². The lowest BCUT2D eigenvalue weighted by molar-refractivity contribution is -0.114. The summed E-state index contributed by atoms with van der Waals surface area (Å²) in [7, 11) is 0. The largest absolute Gasteiger partial charge is 0.506 e. The van der Waals surface area contributed by atoms with E-state index in [1.807, 2.05) is 0 Å². The fourth-order valence-electron chi connectivity index (χ4n) is 4.46. The van der Waals surface area contributed by atoms with Gasteiger partial charge < -0.3 is 30.4 Å².